The summed E-state index contributed by atoms with van der Waals surface area (Å²) in [6.45, 7) is 1.64. The van der Waals surface area contributed by atoms with Gasteiger partial charge in [0, 0.05) is 10.4 Å². The van der Waals surface area contributed by atoms with Crippen molar-refractivity contribution in [1.29, 1.82) is 0 Å². The molecule has 1 amide bonds. The maximum absolute atomic E-state index is 12.0. The Morgan fingerprint density at radius 2 is 1.91 bits per heavy atom. The normalized spacial score (nSPS) is 10.5. The van der Waals surface area contributed by atoms with Gasteiger partial charge in [0.15, 0.2) is 6.61 Å². The van der Waals surface area contributed by atoms with E-state index in [1.807, 2.05) is 49.4 Å². The number of carbonyl (C=O) groups excluding carboxylic acids is 2. The summed E-state index contributed by atoms with van der Waals surface area (Å²) < 4.78 is 6.10. The highest BCUT2D eigenvalue weighted by molar-refractivity contribution is 7.20. The third-order valence-electron chi connectivity index (χ3n) is 3.26. The highest BCUT2D eigenvalue weighted by Crippen LogP contribution is 2.25. The van der Waals surface area contributed by atoms with Crippen molar-refractivity contribution < 1.29 is 14.3 Å². The van der Waals surface area contributed by atoms with Crippen LogP contribution in [0, 0.1) is 6.92 Å². The minimum Gasteiger partial charge on any atom is -0.451 e. The molecule has 3 aromatic rings. The molecule has 3 rings (SSSR count). The van der Waals surface area contributed by atoms with Crippen molar-refractivity contribution >= 4 is 39.0 Å². The van der Waals surface area contributed by atoms with Crippen LogP contribution in [0.25, 0.3) is 10.1 Å². The van der Waals surface area contributed by atoms with E-state index in [9.17, 15) is 9.59 Å². The number of fused-ring (bicyclic) bond motifs is 1. The van der Waals surface area contributed by atoms with Gasteiger partial charge in [-0.3, -0.25) is 4.79 Å². The fourth-order valence-corrected chi connectivity index (χ4v) is 3.16. The first kappa shape index (κ1) is 15.2. The van der Waals surface area contributed by atoms with Crippen molar-refractivity contribution in [3.05, 3.63) is 65.0 Å². The Morgan fingerprint density at radius 3 is 2.70 bits per heavy atom. The highest BCUT2D eigenvalue weighted by Gasteiger charge is 2.13. The van der Waals surface area contributed by atoms with Crippen LogP contribution < -0.4 is 5.32 Å². The fraction of sp³-hybridized carbons (Fsp3) is 0.111. The zero-order chi connectivity index (χ0) is 16.2. The number of rotatable bonds is 4. The van der Waals surface area contributed by atoms with Gasteiger partial charge in [-0.25, -0.2) is 4.79 Å². The number of benzene rings is 2. The van der Waals surface area contributed by atoms with Crippen LogP contribution in [0.3, 0.4) is 0 Å². The third kappa shape index (κ3) is 3.76. The van der Waals surface area contributed by atoms with E-state index in [0.29, 0.717) is 10.6 Å². The maximum Gasteiger partial charge on any atom is 0.348 e. The predicted molar refractivity (Wildman–Crippen MR) is 91.9 cm³/mol. The molecule has 0 saturated heterocycles. The van der Waals surface area contributed by atoms with Gasteiger partial charge in [-0.1, -0.05) is 30.3 Å². The van der Waals surface area contributed by atoms with Crippen LogP contribution in [0.2, 0.25) is 0 Å². The molecule has 0 unspecified atom stereocenters. The number of esters is 1. The van der Waals surface area contributed by atoms with Crippen LogP contribution in [0.1, 0.15) is 15.2 Å². The quantitative estimate of drug-likeness (QED) is 0.738. The van der Waals surface area contributed by atoms with E-state index in [-0.39, 0.29) is 12.5 Å². The molecule has 4 nitrogen and oxygen atoms in total. The molecule has 1 N–H and O–H groups in total. The lowest BCUT2D eigenvalue weighted by molar-refractivity contribution is -0.119. The van der Waals surface area contributed by atoms with Crippen LogP contribution in [0.5, 0.6) is 0 Å². The lowest BCUT2D eigenvalue weighted by Gasteiger charge is -2.06. The molecular weight excluding hydrogens is 310 g/mol. The first-order valence-corrected chi connectivity index (χ1v) is 7.96. The molecule has 0 spiro atoms. The van der Waals surface area contributed by atoms with E-state index >= 15 is 0 Å². The summed E-state index contributed by atoms with van der Waals surface area (Å²) in [6.07, 6.45) is 0. The molecule has 1 aromatic heterocycles. The Kier molecular flexibility index (Phi) is 4.39. The van der Waals surface area contributed by atoms with Crippen LogP contribution in [-0.4, -0.2) is 18.5 Å². The topological polar surface area (TPSA) is 55.4 Å². The predicted octanol–water partition coefficient (Wildman–Crippen LogP) is 4.01. The Bertz CT molecular complexity index is 836. The number of hydrogen-bond donors (Lipinski definition) is 1. The molecule has 23 heavy (non-hydrogen) atoms. The van der Waals surface area contributed by atoms with E-state index in [1.165, 1.54) is 11.3 Å². The van der Waals surface area contributed by atoms with Gasteiger partial charge in [0.2, 0.25) is 0 Å². The van der Waals surface area contributed by atoms with E-state index in [4.69, 9.17) is 4.74 Å². The number of thiophene rings is 1. The van der Waals surface area contributed by atoms with Crippen molar-refractivity contribution in [2.24, 2.45) is 0 Å². The number of hydrogen-bond acceptors (Lipinski definition) is 4. The van der Waals surface area contributed by atoms with Crippen LogP contribution in [-0.2, 0) is 9.53 Å². The van der Waals surface area contributed by atoms with Crippen molar-refractivity contribution in [3.63, 3.8) is 0 Å². The van der Waals surface area contributed by atoms with Crippen LogP contribution >= 0.6 is 11.3 Å². The van der Waals surface area contributed by atoms with Crippen LogP contribution in [0.15, 0.2) is 54.6 Å². The molecule has 0 aliphatic heterocycles. The minimum absolute atomic E-state index is 0.305. The number of amides is 1. The molecule has 0 atom stereocenters. The van der Waals surface area contributed by atoms with E-state index in [1.54, 1.807) is 12.1 Å². The van der Waals surface area contributed by atoms with E-state index in [2.05, 4.69) is 5.32 Å². The summed E-state index contributed by atoms with van der Waals surface area (Å²) >= 11 is 1.36. The van der Waals surface area contributed by atoms with Gasteiger partial charge in [0.1, 0.15) is 4.88 Å². The third-order valence-corrected chi connectivity index (χ3v) is 4.36. The molecular formula is C18H15NO3S. The second-order valence-electron chi connectivity index (χ2n) is 5.14. The molecule has 5 heteroatoms. The van der Waals surface area contributed by atoms with Crippen molar-refractivity contribution in [2.75, 3.05) is 11.9 Å². The fourth-order valence-electron chi connectivity index (χ4n) is 2.20. The van der Waals surface area contributed by atoms with Crippen LogP contribution in [0.4, 0.5) is 5.69 Å². The molecule has 116 valence electrons. The summed E-state index contributed by atoms with van der Waals surface area (Å²) in [5, 5.41) is 3.70. The molecule has 0 aliphatic rings. The Hall–Kier alpha value is -2.66. The molecule has 0 bridgehead atoms. The highest BCUT2D eigenvalue weighted by atomic mass is 32.1. The molecule has 1 heterocycles. The zero-order valence-electron chi connectivity index (χ0n) is 12.5. The first-order chi connectivity index (χ1) is 11.1. The summed E-state index contributed by atoms with van der Waals surface area (Å²) in [5.41, 5.74) is 1.73. The smallest absolute Gasteiger partial charge is 0.348 e. The van der Waals surface area contributed by atoms with Gasteiger partial charge >= 0.3 is 5.97 Å². The van der Waals surface area contributed by atoms with Crippen molar-refractivity contribution in [2.45, 2.75) is 6.92 Å². The monoisotopic (exact) mass is 325 g/mol. The van der Waals surface area contributed by atoms with Gasteiger partial charge in [-0.15, -0.1) is 11.3 Å². The maximum atomic E-state index is 12.0. The first-order valence-electron chi connectivity index (χ1n) is 7.14. The summed E-state index contributed by atoms with van der Waals surface area (Å²) in [5.74, 6) is -0.837. The summed E-state index contributed by atoms with van der Waals surface area (Å²) in [4.78, 5) is 24.4. The van der Waals surface area contributed by atoms with E-state index < -0.39 is 5.97 Å². The molecule has 0 radical (unpaired) electrons. The largest absolute Gasteiger partial charge is 0.451 e. The summed E-state index contributed by atoms with van der Waals surface area (Å²) in [7, 11) is 0. The number of aryl methyl sites for hydroxylation is 1. The Labute approximate surface area is 137 Å². The van der Waals surface area contributed by atoms with Gasteiger partial charge in [-0.05, 0) is 42.1 Å². The molecule has 2 aromatic carbocycles. The second kappa shape index (κ2) is 6.62. The molecule has 0 fully saturated rings. The average molecular weight is 325 g/mol. The standard InChI is InChI=1S/C18H15NO3S/c1-12-5-4-7-14(9-12)19-17(20)11-22-18(21)16-10-13-6-2-3-8-15(13)23-16/h2-10H,11H2,1H3,(H,19,20). The molecule has 0 saturated carbocycles. The Balaban J connectivity index is 1.59. The number of nitrogens with one attached hydrogen (secondary N) is 1. The number of anilines is 1. The van der Waals surface area contributed by atoms with Gasteiger partial charge in [-0.2, -0.15) is 0 Å². The number of carbonyl (C=O) groups is 2. The lowest BCUT2D eigenvalue weighted by Crippen LogP contribution is -2.20. The molecule has 0 aliphatic carbocycles. The average Bonchev–Trinajstić information content (AvgIpc) is 2.97. The van der Waals surface area contributed by atoms with Gasteiger partial charge in [0.25, 0.3) is 5.91 Å². The van der Waals surface area contributed by atoms with E-state index in [0.717, 1.165) is 15.6 Å². The van der Waals surface area contributed by atoms with Crippen molar-refractivity contribution in [1.82, 2.24) is 0 Å². The van der Waals surface area contributed by atoms with Gasteiger partial charge < -0.3 is 10.1 Å². The Morgan fingerprint density at radius 1 is 1.09 bits per heavy atom. The van der Waals surface area contributed by atoms with Crippen molar-refractivity contribution in [3.8, 4) is 0 Å². The zero-order valence-corrected chi connectivity index (χ0v) is 13.4. The SMILES string of the molecule is Cc1cccc(NC(=O)COC(=O)c2cc3ccccc3s2)c1. The van der Waals surface area contributed by atoms with Gasteiger partial charge in [0.05, 0.1) is 0 Å². The lowest BCUT2D eigenvalue weighted by atomic mass is 10.2. The minimum atomic E-state index is -0.481. The summed E-state index contributed by atoms with van der Waals surface area (Å²) in [6, 6.07) is 16.9. The second-order valence-corrected chi connectivity index (χ2v) is 6.23. The number of ether oxygens (including phenoxy) is 1.